The molecule has 0 spiro atoms. The van der Waals surface area contributed by atoms with E-state index in [0.29, 0.717) is 22.2 Å². The molecule has 0 saturated carbocycles. The number of anilines is 2. The molecule has 33 heavy (non-hydrogen) atoms. The smallest absolute Gasteiger partial charge is 0.258 e. The Labute approximate surface area is 207 Å². The van der Waals surface area contributed by atoms with E-state index < -0.39 is 0 Å². The number of nitrogens with one attached hydrogen (secondary N) is 2. The highest BCUT2D eigenvalue weighted by atomic mass is 79.9. The van der Waals surface area contributed by atoms with E-state index in [0.717, 1.165) is 34.9 Å². The lowest BCUT2D eigenvalue weighted by atomic mass is 9.72. The number of carbonyl (C=O) groups excluding carboxylic acids is 2. The maximum absolute atomic E-state index is 13.5. The standard InChI is InChI=1S/C27H29BrN2O2S/c1-27(2,3)18-13-14-19-22(16-18)33-26(30-23(31)15-17-9-5-4-6-10-17)24(19)25(32)29-21-12-8-7-11-20(21)28/h4-12,18H,13-16H2,1-3H3,(H,29,32)(H,30,31). The van der Waals surface area contributed by atoms with Crippen LogP contribution in [0.1, 0.15) is 53.6 Å². The summed E-state index contributed by atoms with van der Waals surface area (Å²) in [6.07, 6.45) is 3.10. The lowest BCUT2D eigenvalue weighted by Gasteiger charge is -2.33. The molecule has 1 aliphatic carbocycles. The number of para-hydroxylation sites is 1. The fraction of sp³-hybridized carbons (Fsp3) is 0.333. The Bertz CT molecular complexity index is 1160. The van der Waals surface area contributed by atoms with Gasteiger partial charge in [-0.15, -0.1) is 11.3 Å². The Hall–Kier alpha value is -2.44. The number of carbonyl (C=O) groups is 2. The molecule has 1 heterocycles. The van der Waals surface area contributed by atoms with Gasteiger partial charge in [-0.1, -0.05) is 63.2 Å². The molecule has 2 N–H and O–H groups in total. The van der Waals surface area contributed by atoms with Crippen molar-refractivity contribution < 1.29 is 9.59 Å². The Morgan fingerprint density at radius 1 is 1.03 bits per heavy atom. The van der Waals surface area contributed by atoms with E-state index >= 15 is 0 Å². The van der Waals surface area contributed by atoms with Crippen molar-refractivity contribution >= 4 is 49.8 Å². The van der Waals surface area contributed by atoms with Gasteiger partial charge in [-0.05, 0) is 69.8 Å². The average Bonchev–Trinajstić information content (AvgIpc) is 3.12. The third-order valence-corrected chi connectivity index (χ3v) is 8.16. The number of hydrogen-bond acceptors (Lipinski definition) is 3. The lowest BCUT2D eigenvalue weighted by molar-refractivity contribution is -0.115. The van der Waals surface area contributed by atoms with Crippen LogP contribution in [0.5, 0.6) is 0 Å². The van der Waals surface area contributed by atoms with E-state index in [1.165, 1.54) is 4.88 Å². The molecule has 0 saturated heterocycles. The van der Waals surface area contributed by atoms with Gasteiger partial charge in [0.25, 0.3) is 5.91 Å². The SMILES string of the molecule is CC(C)(C)C1CCc2c(sc(NC(=O)Cc3ccccc3)c2C(=O)Nc2ccccc2Br)C1. The molecule has 1 unspecified atom stereocenters. The molecule has 0 fully saturated rings. The zero-order valence-corrected chi connectivity index (χ0v) is 21.6. The highest BCUT2D eigenvalue weighted by Crippen LogP contribution is 2.44. The zero-order chi connectivity index (χ0) is 23.6. The first-order valence-corrected chi connectivity index (χ1v) is 12.9. The molecule has 0 aliphatic heterocycles. The molecule has 1 aromatic heterocycles. The van der Waals surface area contributed by atoms with Gasteiger partial charge in [-0.2, -0.15) is 0 Å². The van der Waals surface area contributed by atoms with Crippen molar-refractivity contribution in [3.05, 3.63) is 80.6 Å². The summed E-state index contributed by atoms with van der Waals surface area (Å²) in [6, 6.07) is 17.2. The second-order valence-electron chi connectivity index (χ2n) is 9.66. The molecule has 6 heteroatoms. The fourth-order valence-electron chi connectivity index (χ4n) is 4.35. The van der Waals surface area contributed by atoms with Gasteiger partial charge in [0, 0.05) is 9.35 Å². The largest absolute Gasteiger partial charge is 0.321 e. The first kappa shape index (κ1) is 23.7. The van der Waals surface area contributed by atoms with Gasteiger partial charge >= 0.3 is 0 Å². The lowest BCUT2D eigenvalue weighted by Crippen LogP contribution is -2.27. The zero-order valence-electron chi connectivity index (χ0n) is 19.2. The van der Waals surface area contributed by atoms with Gasteiger partial charge in [0.2, 0.25) is 5.91 Å². The van der Waals surface area contributed by atoms with Crippen molar-refractivity contribution in [2.24, 2.45) is 11.3 Å². The number of amides is 2. The van der Waals surface area contributed by atoms with Gasteiger partial charge in [0.15, 0.2) is 0 Å². The van der Waals surface area contributed by atoms with Gasteiger partial charge in [0.05, 0.1) is 17.7 Å². The summed E-state index contributed by atoms with van der Waals surface area (Å²) in [7, 11) is 0. The normalized spacial score (nSPS) is 15.6. The van der Waals surface area contributed by atoms with Gasteiger partial charge < -0.3 is 10.6 Å². The molecule has 2 amide bonds. The van der Waals surface area contributed by atoms with Crippen LogP contribution >= 0.6 is 27.3 Å². The predicted octanol–water partition coefficient (Wildman–Crippen LogP) is 7.10. The number of thiophene rings is 1. The minimum Gasteiger partial charge on any atom is -0.321 e. The summed E-state index contributed by atoms with van der Waals surface area (Å²) in [6.45, 7) is 6.83. The summed E-state index contributed by atoms with van der Waals surface area (Å²) in [5, 5.41) is 6.75. The Balaban J connectivity index is 1.64. The van der Waals surface area contributed by atoms with Gasteiger partial charge in [-0.3, -0.25) is 9.59 Å². The predicted molar refractivity (Wildman–Crippen MR) is 140 cm³/mol. The minimum absolute atomic E-state index is 0.109. The van der Waals surface area contributed by atoms with E-state index in [-0.39, 0.29) is 23.7 Å². The van der Waals surface area contributed by atoms with Crippen molar-refractivity contribution in [3.8, 4) is 0 Å². The number of rotatable bonds is 5. The second kappa shape index (κ2) is 9.82. The van der Waals surface area contributed by atoms with Crippen molar-refractivity contribution in [3.63, 3.8) is 0 Å². The third-order valence-electron chi connectivity index (χ3n) is 6.30. The molecule has 4 rings (SSSR count). The van der Waals surface area contributed by atoms with Gasteiger partial charge in [0.1, 0.15) is 5.00 Å². The summed E-state index contributed by atoms with van der Waals surface area (Å²) in [5.41, 5.74) is 3.56. The second-order valence-corrected chi connectivity index (χ2v) is 11.6. The maximum atomic E-state index is 13.5. The van der Waals surface area contributed by atoms with Crippen LogP contribution in [-0.2, 0) is 24.1 Å². The summed E-state index contributed by atoms with van der Waals surface area (Å²) in [4.78, 5) is 27.5. The Kier molecular flexibility index (Phi) is 7.05. The maximum Gasteiger partial charge on any atom is 0.258 e. The Morgan fingerprint density at radius 2 is 1.73 bits per heavy atom. The molecule has 4 nitrogen and oxygen atoms in total. The highest BCUT2D eigenvalue weighted by molar-refractivity contribution is 9.10. The van der Waals surface area contributed by atoms with E-state index in [4.69, 9.17) is 0 Å². The van der Waals surface area contributed by atoms with Crippen LogP contribution in [0.4, 0.5) is 10.7 Å². The van der Waals surface area contributed by atoms with Crippen LogP contribution in [0.15, 0.2) is 59.1 Å². The van der Waals surface area contributed by atoms with E-state index in [1.807, 2.05) is 54.6 Å². The minimum atomic E-state index is -0.177. The van der Waals surface area contributed by atoms with Gasteiger partial charge in [-0.25, -0.2) is 0 Å². The summed E-state index contributed by atoms with van der Waals surface area (Å²) in [5.74, 6) is 0.265. The van der Waals surface area contributed by atoms with E-state index in [1.54, 1.807) is 11.3 Å². The highest BCUT2D eigenvalue weighted by Gasteiger charge is 2.34. The molecule has 1 atom stereocenters. The Morgan fingerprint density at radius 3 is 2.42 bits per heavy atom. The van der Waals surface area contributed by atoms with Crippen molar-refractivity contribution in [2.75, 3.05) is 10.6 Å². The van der Waals surface area contributed by atoms with Crippen LogP contribution in [0, 0.1) is 11.3 Å². The average molecular weight is 526 g/mol. The molecule has 0 radical (unpaired) electrons. The van der Waals surface area contributed by atoms with Crippen LogP contribution in [0.3, 0.4) is 0 Å². The first-order chi connectivity index (χ1) is 15.7. The van der Waals surface area contributed by atoms with E-state index in [9.17, 15) is 9.59 Å². The monoisotopic (exact) mass is 524 g/mol. The quantitative estimate of drug-likeness (QED) is 0.374. The number of fused-ring (bicyclic) bond motifs is 1. The van der Waals surface area contributed by atoms with Crippen LogP contribution in [0.25, 0.3) is 0 Å². The fourth-order valence-corrected chi connectivity index (χ4v) is 6.08. The molecule has 0 bridgehead atoms. The van der Waals surface area contributed by atoms with Crippen LogP contribution in [0.2, 0.25) is 0 Å². The third kappa shape index (κ3) is 5.56. The molecule has 3 aromatic rings. The molecule has 1 aliphatic rings. The van der Waals surface area contributed by atoms with E-state index in [2.05, 4.69) is 47.3 Å². The summed E-state index contributed by atoms with van der Waals surface area (Å²) < 4.78 is 0.824. The molecular formula is C27H29BrN2O2S. The molecule has 2 aromatic carbocycles. The molecular weight excluding hydrogens is 496 g/mol. The number of hydrogen-bond donors (Lipinski definition) is 2. The van der Waals surface area contributed by atoms with Crippen molar-refractivity contribution in [1.82, 2.24) is 0 Å². The summed E-state index contributed by atoms with van der Waals surface area (Å²) >= 11 is 5.07. The van der Waals surface area contributed by atoms with Crippen LogP contribution in [-0.4, -0.2) is 11.8 Å². The van der Waals surface area contributed by atoms with Crippen LogP contribution < -0.4 is 10.6 Å². The van der Waals surface area contributed by atoms with Crippen molar-refractivity contribution in [1.29, 1.82) is 0 Å². The molecule has 172 valence electrons. The first-order valence-electron chi connectivity index (χ1n) is 11.3. The number of benzene rings is 2. The topological polar surface area (TPSA) is 58.2 Å². The number of halogens is 1. The van der Waals surface area contributed by atoms with Crippen molar-refractivity contribution in [2.45, 2.75) is 46.5 Å².